The summed E-state index contributed by atoms with van der Waals surface area (Å²) in [4.78, 5) is 0. The fourth-order valence-electron chi connectivity index (χ4n) is 4.48. The van der Waals surface area contributed by atoms with Gasteiger partial charge < -0.3 is 0 Å². The third-order valence-corrected chi connectivity index (χ3v) is 5.62. The van der Waals surface area contributed by atoms with Gasteiger partial charge in [-0.05, 0) is 52.1 Å². The summed E-state index contributed by atoms with van der Waals surface area (Å²) in [7, 11) is 0. The smallest absolute Gasteiger partial charge is 0.102 e. The standard InChI is InChI=1S/C26H25N3/c1-4-7-17-10-11-18-12-13-21-23(15-28)24(16-29)22(14-27)20(9-6-3)26(21)25(18)19(17)8-5-2/h10-13H,4-9H2,1-3H3. The molecule has 144 valence electrons. The molecular weight excluding hydrogens is 354 g/mol. The number of hydrogen-bond donors (Lipinski definition) is 0. The molecule has 0 spiro atoms. The molecule has 0 aliphatic carbocycles. The molecule has 0 unspecified atom stereocenters. The van der Waals surface area contributed by atoms with E-state index >= 15 is 0 Å². The first kappa shape index (κ1) is 20.4. The Hall–Kier alpha value is -3.35. The molecule has 3 heteroatoms. The zero-order valence-electron chi connectivity index (χ0n) is 17.4. The predicted molar refractivity (Wildman–Crippen MR) is 118 cm³/mol. The van der Waals surface area contributed by atoms with Gasteiger partial charge in [-0.3, -0.25) is 0 Å². The van der Waals surface area contributed by atoms with Gasteiger partial charge in [-0.15, -0.1) is 0 Å². The molecule has 0 fully saturated rings. The molecule has 0 bridgehead atoms. The number of hydrogen-bond acceptors (Lipinski definition) is 3. The van der Waals surface area contributed by atoms with Crippen LogP contribution in [-0.2, 0) is 19.3 Å². The third-order valence-electron chi connectivity index (χ3n) is 5.62. The summed E-state index contributed by atoms with van der Waals surface area (Å²) in [6.07, 6.45) is 5.65. The average molecular weight is 380 g/mol. The number of rotatable bonds is 6. The molecule has 0 atom stereocenters. The largest absolute Gasteiger partial charge is 0.192 e. The monoisotopic (exact) mass is 379 g/mol. The quantitative estimate of drug-likeness (QED) is 0.461. The number of aryl methyl sites for hydroxylation is 3. The number of benzene rings is 3. The van der Waals surface area contributed by atoms with E-state index in [9.17, 15) is 15.8 Å². The van der Waals surface area contributed by atoms with Crippen LogP contribution in [0.4, 0.5) is 0 Å². The van der Waals surface area contributed by atoms with E-state index in [0.717, 1.165) is 59.2 Å². The van der Waals surface area contributed by atoms with E-state index in [2.05, 4.69) is 57.2 Å². The van der Waals surface area contributed by atoms with Crippen molar-refractivity contribution in [2.75, 3.05) is 0 Å². The van der Waals surface area contributed by atoms with E-state index in [0.29, 0.717) is 17.5 Å². The second kappa shape index (κ2) is 8.77. The van der Waals surface area contributed by atoms with E-state index < -0.39 is 0 Å². The fourth-order valence-corrected chi connectivity index (χ4v) is 4.48. The number of fused-ring (bicyclic) bond motifs is 3. The maximum Gasteiger partial charge on any atom is 0.102 e. The highest BCUT2D eigenvalue weighted by Gasteiger charge is 2.22. The number of nitrogens with zero attached hydrogens (tertiary/aromatic N) is 3. The van der Waals surface area contributed by atoms with E-state index in [-0.39, 0.29) is 5.56 Å². The van der Waals surface area contributed by atoms with Gasteiger partial charge in [0.15, 0.2) is 0 Å². The lowest BCUT2D eigenvalue weighted by atomic mass is 9.83. The van der Waals surface area contributed by atoms with Crippen LogP contribution in [0.3, 0.4) is 0 Å². The van der Waals surface area contributed by atoms with Crippen molar-refractivity contribution < 1.29 is 0 Å². The Morgan fingerprint density at radius 2 is 1.21 bits per heavy atom. The summed E-state index contributed by atoms with van der Waals surface area (Å²) in [5.74, 6) is 0. The lowest BCUT2D eigenvalue weighted by Crippen LogP contribution is -2.03. The van der Waals surface area contributed by atoms with Crippen molar-refractivity contribution in [2.24, 2.45) is 0 Å². The molecule has 0 aliphatic rings. The van der Waals surface area contributed by atoms with E-state index in [1.54, 1.807) is 0 Å². The Bertz CT molecular complexity index is 1210. The molecule has 0 N–H and O–H groups in total. The van der Waals surface area contributed by atoms with Gasteiger partial charge in [-0.25, -0.2) is 0 Å². The van der Waals surface area contributed by atoms with Crippen molar-refractivity contribution in [3.05, 3.63) is 57.6 Å². The van der Waals surface area contributed by atoms with Crippen LogP contribution in [0.15, 0.2) is 24.3 Å². The maximum atomic E-state index is 9.91. The Balaban J connectivity index is 2.68. The highest BCUT2D eigenvalue weighted by Crippen LogP contribution is 2.38. The topological polar surface area (TPSA) is 71.4 Å². The molecule has 3 nitrogen and oxygen atoms in total. The summed E-state index contributed by atoms with van der Waals surface area (Å²) in [5, 5.41) is 33.6. The molecule has 0 saturated heterocycles. The molecule has 29 heavy (non-hydrogen) atoms. The zero-order valence-corrected chi connectivity index (χ0v) is 17.4. The van der Waals surface area contributed by atoms with Gasteiger partial charge in [0.05, 0.1) is 16.7 Å². The molecule has 0 aromatic heterocycles. The van der Waals surface area contributed by atoms with Gasteiger partial charge in [-0.1, -0.05) is 64.3 Å². The average Bonchev–Trinajstić information content (AvgIpc) is 2.74. The van der Waals surface area contributed by atoms with Gasteiger partial charge >= 0.3 is 0 Å². The van der Waals surface area contributed by atoms with Crippen molar-refractivity contribution in [3.8, 4) is 18.2 Å². The lowest BCUT2D eigenvalue weighted by molar-refractivity contribution is 0.868. The molecule has 0 saturated carbocycles. The van der Waals surface area contributed by atoms with Crippen LogP contribution in [0.25, 0.3) is 21.5 Å². The van der Waals surface area contributed by atoms with Crippen LogP contribution >= 0.6 is 0 Å². The minimum absolute atomic E-state index is 0.215. The van der Waals surface area contributed by atoms with Crippen LogP contribution in [0, 0.1) is 34.0 Å². The second-order valence-electron chi connectivity index (χ2n) is 7.48. The zero-order chi connectivity index (χ0) is 21.0. The first-order chi connectivity index (χ1) is 14.2. The van der Waals surface area contributed by atoms with Crippen molar-refractivity contribution in [2.45, 2.75) is 59.3 Å². The van der Waals surface area contributed by atoms with Crippen LogP contribution in [0.5, 0.6) is 0 Å². The minimum Gasteiger partial charge on any atom is -0.192 e. The highest BCUT2D eigenvalue weighted by atomic mass is 14.3. The summed E-state index contributed by atoms with van der Waals surface area (Å²) in [6, 6.07) is 15.0. The maximum absolute atomic E-state index is 9.91. The van der Waals surface area contributed by atoms with Gasteiger partial charge in [0, 0.05) is 5.39 Å². The molecule has 3 rings (SSSR count). The summed E-state index contributed by atoms with van der Waals surface area (Å²) in [6.45, 7) is 6.45. The Labute approximate surface area is 172 Å². The molecular formula is C26H25N3. The van der Waals surface area contributed by atoms with Gasteiger partial charge in [0.25, 0.3) is 0 Å². The van der Waals surface area contributed by atoms with Crippen LogP contribution in [0.1, 0.15) is 73.4 Å². The molecule has 0 heterocycles. The Morgan fingerprint density at radius 1 is 0.621 bits per heavy atom. The summed E-state index contributed by atoms with van der Waals surface area (Å²) < 4.78 is 0. The minimum atomic E-state index is 0.215. The normalized spacial score (nSPS) is 10.6. The van der Waals surface area contributed by atoms with E-state index in [1.807, 2.05) is 6.07 Å². The second-order valence-corrected chi connectivity index (χ2v) is 7.48. The first-order valence-corrected chi connectivity index (χ1v) is 10.4. The van der Waals surface area contributed by atoms with E-state index in [1.165, 1.54) is 11.1 Å². The molecule has 3 aromatic carbocycles. The predicted octanol–water partition coefficient (Wildman–Crippen LogP) is 6.47. The molecule has 0 amide bonds. The summed E-state index contributed by atoms with van der Waals surface area (Å²) >= 11 is 0. The molecule has 3 aromatic rings. The van der Waals surface area contributed by atoms with Gasteiger partial charge in [0.1, 0.15) is 18.2 Å². The molecule has 0 radical (unpaired) electrons. The Kier molecular flexibility index (Phi) is 6.16. The third kappa shape index (κ3) is 3.33. The SMILES string of the molecule is CCCc1ccc2ccc3c(C#N)c(C#N)c(C#N)c(CCC)c3c2c1CCC. The van der Waals surface area contributed by atoms with Crippen LogP contribution < -0.4 is 0 Å². The number of nitriles is 3. The van der Waals surface area contributed by atoms with Crippen LogP contribution in [-0.4, -0.2) is 0 Å². The lowest BCUT2D eigenvalue weighted by Gasteiger charge is -2.19. The first-order valence-electron chi connectivity index (χ1n) is 10.4. The van der Waals surface area contributed by atoms with Gasteiger partial charge in [-0.2, -0.15) is 15.8 Å². The van der Waals surface area contributed by atoms with Crippen molar-refractivity contribution >= 4 is 21.5 Å². The Morgan fingerprint density at radius 3 is 1.79 bits per heavy atom. The van der Waals surface area contributed by atoms with Gasteiger partial charge in [0.2, 0.25) is 0 Å². The van der Waals surface area contributed by atoms with Crippen molar-refractivity contribution in [1.82, 2.24) is 0 Å². The highest BCUT2D eigenvalue weighted by molar-refractivity contribution is 6.14. The molecule has 0 aliphatic heterocycles. The van der Waals surface area contributed by atoms with Crippen molar-refractivity contribution in [3.63, 3.8) is 0 Å². The van der Waals surface area contributed by atoms with Crippen LogP contribution in [0.2, 0.25) is 0 Å². The fraction of sp³-hybridized carbons (Fsp3) is 0.346. The van der Waals surface area contributed by atoms with Crippen molar-refractivity contribution in [1.29, 1.82) is 15.8 Å². The summed E-state index contributed by atoms with van der Waals surface area (Å²) in [5.41, 5.74) is 4.49. The van der Waals surface area contributed by atoms with E-state index in [4.69, 9.17) is 0 Å².